The van der Waals surface area contributed by atoms with Crippen LogP contribution < -0.4 is 4.74 Å². The molecule has 23 heavy (non-hydrogen) atoms. The van der Waals surface area contributed by atoms with Gasteiger partial charge >= 0.3 is 12.1 Å². The Labute approximate surface area is 133 Å². The van der Waals surface area contributed by atoms with Crippen molar-refractivity contribution in [3.05, 3.63) is 29.3 Å². The van der Waals surface area contributed by atoms with E-state index in [0.717, 1.165) is 24.0 Å². The van der Waals surface area contributed by atoms with E-state index in [1.165, 1.54) is 6.07 Å². The van der Waals surface area contributed by atoms with Crippen LogP contribution in [0.4, 0.5) is 13.2 Å². The van der Waals surface area contributed by atoms with E-state index in [2.05, 4.69) is 0 Å². The number of hydrogen-bond donors (Lipinski definition) is 0. The minimum atomic E-state index is -4.37. The lowest BCUT2D eigenvalue weighted by molar-refractivity contribution is -0.154. The molecule has 0 amide bonds. The molecule has 0 aromatic heterocycles. The predicted octanol–water partition coefficient (Wildman–Crippen LogP) is 4.39. The molecule has 6 heteroatoms. The smallest absolute Gasteiger partial charge is 0.422 e. The molecule has 3 nitrogen and oxygen atoms in total. The second-order valence-electron chi connectivity index (χ2n) is 6.81. The number of halogens is 3. The van der Waals surface area contributed by atoms with Crippen LogP contribution in [0.1, 0.15) is 50.7 Å². The molecule has 0 N–H and O–H groups in total. The highest BCUT2D eigenvalue weighted by molar-refractivity contribution is 5.73. The topological polar surface area (TPSA) is 35.5 Å². The summed E-state index contributed by atoms with van der Waals surface area (Å²) < 4.78 is 47.1. The van der Waals surface area contributed by atoms with Crippen molar-refractivity contribution < 1.29 is 27.4 Å². The van der Waals surface area contributed by atoms with E-state index < -0.39 is 18.4 Å². The van der Waals surface area contributed by atoms with Crippen molar-refractivity contribution in [1.82, 2.24) is 0 Å². The van der Waals surface area contributed by atoms with Crippen LogP contribution in [0.15, 0.2) is 18.2 Å². The van der Waals surface area contributed by atoms with Gasteiger partial charge in [-0.1, -0.05) is 12.1 Å². The molecule has 0 radical (unpaired) electrons. The number of benzene rings is 1. The van der Waals surface area contributed by atoms with Gasteiger partial charge in [0.25, 0.3) is 0 Å². The fraction of sp³-hybridized carbons (Fsp3) is 0.588. The number of rotatable bonds is 5. The first-order chi connectivity index (χ1) is 10.5. The van der Waals surface area contributed by atoms with Gasteiger partial charge in [-0.05, 0) is 56.7 Å². The van der Waals surface area contributed by atoms with E-state index in [1.54, 1.807) is 32.9 Å². The third-order valence-corrected chi connectivity index (χ3v) is 3.25. The molecule has 0 bridgehead atoms. The summed E-state index contributed by atoms with van der Waals surface area (Å²) in [5, 5.41) is 0. The number of alkyl halides is 3. The minimum absolute atomic E-state index is 0.0938. The molecular formula is C17H21F3O3. The molecule has 1 aromatic rings. The van der Waals surface area contributed by atoms with E-state index >= 15 is 0 Å². The molecule has 0 unspecified atom stereocenters. The fourth-order valence-corrected chi connectivity index (χ4v) is 2.26. The fourth-order valence-electron chi connectivity index (χ4n) is 2.26. The molecule has 128 valence electrons. The van der Waals surface area contributed by atoms with Gasteiger partial charge in [0.05, 0.1) is 6.42 Å². The van der Waals surface area contributed by atoms with Crippen molar-refractivity contribution in [3.8, 4) is 5.75 Å². The third-order valence-electron chi connectivity index (χ3n) is 3.25. The Morgan fingerprint density at radius 2 is 1.87 bits per heavy atom. The Morgan fingerprint density at radius 1 is 1.22 bits per heavy atom. The predicted molar refractivity (Wildman–Crippen MR) is 79.5 cm³/mol. The molecule has 1 saturated carbocycles. The number of hydrogen-bond acceptors (Lipinski definition) is 3. The van der Waals surface area contributed by atoms with Crippen molar-refractivity contribution in [1.29, 1.82) is 0 Å². The largest absolute Gasteiger partial charge is 0.484 e. The summed E-state index contributed by atoms with van der Waals surface area (Å²) in [6.45, 7) is 4.05. The summed E-state index contributed by atoms with van der Waals surface area (Å²) in [6, 6.07) is 4.88. The van der Waals surface area contributed by atoms with Gasteiger partial charge in [0.2, 0.25) is 0 Å². The van der Waals surface area contributed by atoms with Crippen molar-refractivity contribution in [2.24, 2.45) is 0 Å². The molecule has 1 aromatic carbocycles. The maximum atomic E-state index is 12.3. The van der Waals surface area contributed by atoms with Gasteiger partial charge in [0, 0.05) is 0 Å². The van der Waals surface area contributed by atoms with Crippen LogP contribution in [0, 0.1) is 0 Å². The van der Waals surface area contributed by atoms with Gasteiger partial charge < -0.3 is 9.47 Å². The minimum Gasteiger partial charge on any atom is -0.484 e. The van der Waals surface area contributed by atoms with E-state index in [1.807, 2.05) is 0 Å². The van der Waals surface area contributed by atoms with Crippen LogP contribution in [-0.4, -0.2) is 24.4 Å². The average Bonchev–Trinajstić information content (AvgIpc) is 3.17. The summed E-state index contributed by atoms with van der Waals surface area (Å²) in [6.07, 6.45) is -2.41. The maximum Gasteiger partial charge on any atom is 0.422 e. The molecule has 2 rings (SSSR count). The van der Waals surface area contributed by atoms with E-state index in [0.29, 0.717) is 0 Å². The number of ether oxygens (including phenoxy) is 2. The Balaban J connectivity index is 2.08. The Hall–Kier alpha value is -1.72. The zero-order valence-electron chi connectivity index (χ0n) is 13.5. The second kappa shape index (κ2) is 6.42. The van der Waals surface area contributed by atoms with Crippen molar-refractivity contribution in [2.75, 3.05) is 6.61 Å². The van der Waals surface area contributed by atoms with Crippen LogP contribution in [0.5, 0.6) is 5.75 Å². The van der Waals surface area contributed by atoms with Crippen LogP contribution in [0.2, 0.25) is 0 Å². The first-order valence-corrected chi connectivity index (χ1v) is 7.58. The molecule has 0 atom stereocenters. The van der Waals surface area contributed by atoms with Gasteiger partial charge in [0.15, 0.2) is 6.61 Å². The normalized spacial score (nSPS) is 15.4. The number of esters is 1. The highest BCUT2D eigenvalue weighted by Crippen LogP contribution is 2.45. The monoisotopic (exact) mass is 330 g/mol. The highest BCUT2D eigenvalue weighted by atomic mass is 19.4. The Morgan fingerprint density at radius 3 is 2.39 bits per heavy atom. The van der Waals surface area contributed by atoms with Gasteiger partial charge in [0.1, 0.15) is 11.4 Å². The molecule has 0 spiro atoms. The van der Waals surface area contributed by atoms with E-state index in [-0.39, 0.29) is 24.1 Å². The first kappa shape index (κ1) is 17.6. The molecule has 0 heterocycles. The van der Waals surface area contributed by atoms with Gasteiger partial charge in [-0.2, -0.15) is 13.2 Å². The summed E-state index contributed by atoms with van der Waals surface area (Å²) in [7, 11) is 0. The number of carbonyl (C=O) groups is 1. The highest BCUT2D eigenvalue weighted by Gasteiger charge is 2.31. The molecule has 0 aliphatic heterocycles. The Kier molecular flexibility index (Phi) is 4.92. The summed E-state index contributed by atoms with van der Waals surface area (Å²) in [4.78, 5) is 11.9. The molecule has 0 saturated heterocycles. The molecular weight excluding hydrogens is 309 g/mol. The quantitative estimate of drug-likeness (QED) is 0.751. The van der Waals surface area contributed by atoms with Gasteiger partial charge in [-0.3, -0.25) is 4.79 Å². The van der Waals surface area contributed by atoms with Gasteiger partial charge in [-0.25, -0.2) is 0 Å². The zero-order valence-corrected chi connectivity index (χ0v) is 13.5. The summed E-state index contributed by atoms with van der Waals surface area (Å²) >= 11 is 0. The van der Waals surface area contributed by atoms with Crippen molar-refractivity contribution in [2.45, 2.75) is 57.7 Å². The second-order valence-corrected chi connectivity index (χ2v) is 6.81. The standard InChI is InChI=1S/C17H21F3O3/c1-16(2,3)23-15(21)9-11-4-7-14(22-10-17(18,19)20)13(8-11)12-5-6-12/h4,7-8,12H,5-6,9-10H2,1-3H3. The molecule has 1 aliphatic carbocycles. The van der Waals surface area contributed by atoms with Gasteiger partial charge in [-0.15, -0.1) is 0 Å². The van der Waals surface area contributed by atoms with E-state index in [4.69, 9.17) is 9.47 Å². The molecule has 1 aliphatic rings. The number of carbonyl (C=O) groups excluding carboxylic acids is 1. The van der Waals surface area contributed by atoms with Crippen LogP contribution in [-0.2, 0) is 16.0 Å². The van der Waals surface area contributed by atoms with Crippen LogP contribution in [0.3, 0.4) is 0 Å². The Bertz CT molecular complexity index is 569. The van der Waals surface area contributed by atoms with Crippen molar-refractivity contribution in [3.63, 3.8) is 0 Å². The summed E-state index contributed by atoms with van der Waals surface area (Å²) in [5.41, 5.74) is 0.905. The third kappa shape index (κ3) is 6.12. The lowest BCUT2D eigenvalue weighted by Crippen LogP contribution is -2.25. The van der Waals surface area contributed by atoms with Crippen LogP contribution in [0.25, 0.3) is 0 Å². The van der Waals surface area contributed by atoms with Crippen molar-refractivity contribution >= 4 is 5.97 Å². The summed E-state index contributed by atoms with van der Waals surface area (Å²) in [5.74, 6) is 0.109. The zero-order chi connectivity index (χ0) is 17.3. The SMILES string of the molecule is CC(C)(C)OC(=O)Cc1ccc(OCC(F)(F)F)c(C2CC2)c1. The lowest BCUT2D eigenvalue weighted by Gasteiger charge is -2.20. The van der Waals surface area contributed by atoms with E-state index in [9.17, 15) is 18.0 Å². The van der Waals surface area contributed by atoms with Crippen LogP contribution >= 0.6 is 0 Å². The molecule has 1 fully saturated rings. The lowest BCUT2D eigenvalue weighted by atomic mass is 10.0. The maximum absolute atomic E-state index is 12.3. The average molecular weight is 330 g/mol. The first-order valence-electron chi connectivity index (χ1n) is 7.58.